The molecular formula is C14H19ClN2O. The summed E-state index contributed by atoms with van der Waals surface area (Å²) in [4.78, 5) is 14.0. The van der Waals surface area contributed by atoms with Crippen LogP contribution in [-0.2, 0) is 4.79 Å². The molecule has 1 amide bonds. The van der Waals surface area contributed by atoms with Crippen LogP contribution < -0.4 is 10.2 Å². The van der Waals surface area contributed by atoms with Gasteiger partial charge < -0.3 is 10.2 Å². The monoisotopic (exact) mass is 266 g/mol. The highest BCUT2D eigenvalue weighted by molar-refractivity contribution is 6.32. The van der Waals surface area contributed by atoms with Crippen LogP contribution in [0.3, 0.4) is 0 Å². The molecule has 0 aliphatic carbocycles. The number of nitrogens with zero attached hydrogens (tertiary/aromatic N) is 1. The third kappa shape index (κ3) is 2.96. The minimum atomic E-state index is -0.517. The smallest absolute Gasteiger partial charge is 0.242 e. The second-order valence-electron chi connectivity index (χ2n) is 4.82. The zero-order chi connectivity index (χ0) is 13.1. The largest absolute Gasteiger partial charge is 0.370 e. The summed E-state index contributed by atoms with van der Waals surface area (Å²) < 4.78 is 0. The number of anilines is 2. The lowest BCUT2D eigenvalue weighted by molar-refractivity contribution is -0.115. The van der Waals surface area contributed by atoms with Crippen LogP contribution in [0.25, 0.3) is 0 Å². The van der Waals surface area contributed by atoms with Crippen molar-refractivity contribution >= 4 is 28.9 Å². The predicted molar refractivity (Wildman–Crippen MR) is 76.6 cm³/mol. The van der Waals surface area contributed by atoms with E-state index in [0.29, 0.717) is 0 Å². The van der Waals surface area contributed by atoms with Crippen LogP contribution in [0.1, 0.15) is 25.3 Å². The van der Waals surface area contributed by atoms with E-state index in [9.17, 15) is 4.79 Å². The number of nitrogens with one attached hydrogen (secondary N) is 1. The van der Waals surface area contributed by atoms with Crippen molar-refractivity contribution < 1.29 is 4.79 Å². The molecule has 0 bridgehead atoms. The molecule has 1 unspecified atom stereocenters. The van der Waals surface area contributed by atoms with E-state index < -0.39 is 5.38 Å². The second kappa shape index (κ2) is 5.61. The van der Waals surface area contributed by atoms with Gasteiger partial charge in [0.2, 0.25) is 5.91 Å². The number of hydrogen-bond donors (Lipinski definition) is 1. The molecule has 1 aliphatic rings. The van der Waals surface area contributed by atoms with Crippen molar-refractivity contribution in [3.63, 3.8) is 0 Å². The van der Waals surface area contributed by atoms with Crippen molar-refractivity contribution in [2.45, 2.75) is 32.1 Å². The Morgan fingerprint density at radius 1 is 1.39 bits per heavy atom. The number of halogens is 1. The van der Waals surface area contributed by atoms with Gasteiger partial charge in [-0.05, 0) is 44.4 Å². The summed E-state index contributed by atoms with van der Waals surface area (Å²) in [6.07, 6.45) is 2.43. The van der Waals surface area contributed by atoms with Crippen molar-refractivity contribution in [1.29, 1.82) is 0 Å². The topological polar surface area (TPSA) is 32.3 Å². The van der Waals surface area contributed by atoms with Gasteiger partial charge in [-0.15, -0.1) is 11.6 Å². The first-order chi connectivity index (χ1) is 8.58. The fourth-order valence-electron chi connectivity index (χ4n) is 2.22. The van der Waals surface area contributed by atoms with Crippen LogP contribution in [0.4, 0.5) is 11.4 Å². The zero-order valence-electron chi connectivity index (χ0n) is 10.9. The number of benzene rings is 1. The van der Waals surface area contributed by atoms with Gasteiger partial charge >= 0.3 is 0 Å². The highest BCUT2D eigenvalue weighted by atomic mass is 35.5. The Morgan fingerprint density at radius 3 is 2.67 bits per heavy atom. The van der Waals surface area contributed by atoms with E-state index in [0.717, 1.165) is 30.0 Å². The molecule has 0 spiro atoms. The molecule has 1 saturated heterocycles. The van der Waals surface area contributed by atoms with Crippen LogP contribution >= 0.6 is 11.6 Å². The fraction of sp³-hybridized carbons (Fsp3) is 0.500. The van der Waals surface area contributed by atoms with Gasteiger partial charge in [0, 0.05) is 13.1 Å². The Morgan fingerprint density at radius 2 is 2.06 bits per heavy atom. The number of carbonyl (C=O) groups is 1. The van der Waals surface area contributed by atoms with Crippen LogP contribution in [-0.4, -0.2) is 24.4 Å². The number of carbonyl (C=O) groups excluding carboxylic acids is 1. The van der Waals surface area contributed by atoms with Crippen molar-refractivity contribution in [2.75, 3.05) is 23.3 Å². The molecule has 4 heteroatoms. The fourth-order valence-corrected chi connectivity index (χ4v) is 2.27. The standard InChI is InChI=1S/C14H19ClN2O/c1-10-5-6-13(17-7-3-4-8-17)12(9-10)16-14(18)11(2)15/h5-6,9,11H,3-4,7-8H2,1-2H3,(H,16,18). The number of aryl methyl sites for hydroxylation is 1. The van der Waals surface area contributed by atoms with Gasteiger partial charge in [0.05, 0.1) is 11.4 Å². The summed E-state index contributed by atoms with van der Waals surface area (Å²) in [6, 6.07) is 6.16. The Balaban J connectivity index is 2.25. The summed E-state index contributed by atoms with van der Waals surface area (Å²) in [5, 5.41) is 2.40. The van der Waals surface area contributed by atoms with Crippen molar-refractivity contribution in [3.8, 4) is 0 Å². The Bertz CT molecular complexity index is 439. The van der Waals surface area contributed by atoms with E-state index in [1.54, 1.807) is 6.92 Å². The molecule has 1 heterocycles. The van der Waals surface area contributed by atoms with Crippen molar-refractivity contribution in [3.05, 3.63) is 23.8 Å². The first-order valence-corrected chi connectivity index (χ1v) is 6.82. The maximum atomic E-state index is 11.7. The Hall–Kier alpha value is -1.22. The third-order valence-electron chi connectivity index (χ3n) is 3.22. The highest BCUT2D eigenvalue weighted by Crippen LogP contribution is 2.30. The number of rotatable bonds is 3. The summed E-state index contributed by atoms with van der Waals surface area (Å²) >= 11 is 5.80. The van der Waals surface area contributed by atoms with Gasteiger partial charge in [-0.25, -0.2) is 0 Å². The number of alkyl halides is 1. The zero-order valence-corrected chi connectivity index (χ0v) is 11.6. The SMILES string of the molecule is Cc1ccc(N2CCCC2)c(NC(=O)C(C)Cl)c1. The van der Waals surface area contributed by atoms with Gasteiger partial charge in [0.25, 0.3) is 0 Å². The summed E-state index contributed by atoms with van der Waals surface area (Å²) in [7, 11) is 0. The molecule has 1 aromatic carbocycles. The molecule has 1 aliphatic heterocycles. The van der Waals surface area contributed by atoms with Gasteiger partial charge in [0.15, 0.2) is 0 Å². The van der Waals surface area contributed by atoms with E-state index in [1.165, 1.54) is 12.8 Å². The minimum Gasteiger partial charge on any atom is -0.370 e. The predicted octanol–water partition coefficient (Wildman–Crippen LogP) is 3.16. The first kappa shape index (κ1) is 13.2. The van der Waals surface area contributed by atoms with Crippen LogP contribution in [0, 0.1) is 6.92 Å². The van der Waals surface area contributed by atoms with Gasteiger partial charge in [-0.3, -0.25) is 4.79 Å². The lowest BCUT2D eigenvalue weighted by atomic mass is 10.1. The number of hydrogen-bond acceptors (Lipinski definition) is 2. The molecule has 1 aromatic rings. The molecule has 0 radical (unpaired) electrons. The highest BCUT2D eigenvalue weighted by Gasteiger charge is 2.18. The molecule has 0 saturated carbocycles. The van der Waals surface area contributed by atoms with E-state index in [2.05, 4.69) is 22.3 Å². The lowest BCUT2D eigenvalue weighted by Gasteiger charge is -2.22. The quantitative estimate of drug-likeness (QED) is 0.853. The molecular weight excluding hydrogens is 248 g/mol. The van der Waals surface area contributed by atoms with E-state index >= 15 is 0 Å². The van der Waals surface area contributed by atoms with Gasteiger partial charge in [0.1, 0.15) is 5.38 Å². The van der Waals surface area contributed by atoms with Crippen LogP contribution in [0.2, 0.25) is 0 Å². The Labute approximate surface area is 113 Å². The van der Waals surface area contributed by atoms with Crippen LogP contribution in [0.15, 0.2) is 18.2 Å². The summed E-state index contributed by atoms with van der Waals surface area (Å²) in [5.74, 6) is -0.150. The first-order valence-electron chi connectivity index (χ1n) is 6.38. The molecule has 0 aromatic heterocycles. The number of amides is 1. The molecule has 18 heavy (non-hydrogen) atoms. The minimum absolute atomic E-state index is 0.150. The molecule has 1 atom stereocenters. The normalized spacial score (nSPS) is 16.7. The van der Waals surface area contributed by atoms with E-state index in [1.807, 2.05) is 13.0 Å². The lowest BCUT2D eigenvalue weighted by Crippen LogP contribution is -2.24. The van der Waals surface area contributed by atoms with Gasteiger partial charge in [-0.2, -0.15) is 0 Å². The third-order valence-corrected chi connectivity index (χ3v) is 3.42. The summed E-state index contributed by atoms with van der Waals surface area (Å²) in [5.41, 5.74) is 3.11. The molecule has 3 nitrogen and oxygen atoms in total. The average molecular weight is 267 g/mol. The molecule has 1 fully saturated rings. The van der Waals surface area contributed by atoms with Crippen molar-refractivity contribution in [1.82, 2.24) is 0 Å². The summed E-state index contributed by atoms with van der Waals surface area (Å²) in [6.45, 7) is 5.82. The average Bonchev–Trinajstić information content (AvgIpc) is 2.82. The maximum absolute atomic E-state index is 11.7. The van der Waals surface area contributed by atoms with Crippen LogP contribution in [0.5, 0.6) is 0 Å². The molecule has 98 valence electrons. The van der Waals surface area contributed by atoms with E-state index in [-0.39, 0.29) is 5.91 Å². The molecule has 2 rings (SSSR count). The molecule has 1 N–H and O–H groups in total. The van der Waals surface area contributed by atoms with E-state index in [4.69, 9.17) is 11.6 Å². The Kier molecular flexibility index (Phi) is 4.12. The van der Waals surface area contributed by atoms with Gasteiger partial charge in [-0.1, -0.05) is 6.07 Å². The maximum Gasteiger partial charge on any atom is 0.242 e. The van der Waals surface area contributed by atoms with Crippen molar-refractivity contribution in [2.24, 2.45) is 0 Å². The second-order valence-corrected chi connectivity index (χ2v) is 5.47.